The van der Waals surface area contributed by atoms with E-state index in [1.165, 1.54) is 38.6 Å². The molecule has 0 aromatic rings. The first-order valence-corrected chi connectivity index (χ1v) is 5.25. The fourth-order valence-corrected chi connectivity index (χ4v) is 2.63. The first-order chi connectivity index (χ1) is 5.90. The van der Waals surface area contributed by atoms with Crippen LogP contribution in [0.1, 0.15) is 32.1 Å². The summed E-state index contributed by atoms with van der Waals surface area (Å²) >= 11 is 0. The number of hydrogen-bond donors (Lipinski definition) is 1. The Balaban J connectivity index is 1.90. The lowest BCUT2D eigenvalue weighted by Crippen LogP contribution is -2.46. The Morgan fingerprint density at radius 3 is 2.92 bits per heavy atom. The van der Waals surface area contributed by atoms with E-state index in [0.29, 0.717) is 12.5 Å². The van der Waals surface area contributed by atoms with Gasteiger partial charge in [-0.2, -0.15) is 0 Å². The predicted octanol–water partition coefficient (Wildman–Crippen LogP) is 1.24. The molecule has 0 aromatic heterocycles. The van der Waals surface area contributed by atoms with Crippen LogP contribution in [0.3, 0.4) is 0 Å². The van der Waals surface area contributed by atoms with Crippen molar-refractivity contribution in [3.05, 3.63) is 0 Å². The summed E-state index contributed by atoms with van der Waals surface area (Å²) in [4.78, 5) is 2.59. The Morgan fingerprint density at radius 1 is 1.17 bits per heavy atom. The standard InChI is InChI=1S/C10H19NO/c12-8-9-4-5-10-3-1-2-6-11(10)7-9/h9-10,12H,1-8H2/t9-,10-/m0/s1. The third kappa shape index (κ3) is 1.64. The van der Waals surface area contributed by atoms with Gasteiger partial charge in [-0.1, -0.05) is 6.42 Å². The minimum atomic E-state index is 0.392. The summed E-state index contributed by atoms with van der Waals surface area (Å²) in [5.74, 6) is 0.569. The van der Waals surface area contributed by atoms with Crippen molar-refractivity contribution in [1.29, 1.82) is 0 Å². The monoisotopic (exact) mass is 169 g/mol. The third-order valence-corrected chi connectivity index (χ3v) is 3.41. The molecule has 70 valence electrons. The highest BCUT2D eigenvalue weighted by Crippen LogP contribution is 2.28. The number of rotatable bonds is 1. The molecule has 1 N–H and O–H groups in total. The second-order valence-corrected chi connectivity index (χ2v) is 4.27. The van der Waals surface area contributed by atoms with E-state index in [-0.39, 0.29) is 0 Å². The van der Waals surface area contributed by atoms with Crippen LogP contribution in [-0.2, 0) is 0 Å². The van der Waals surface area contributed by atoms with Crippen LogP contribution in [0.4, 0.5) is 0 Å². The maximum atomic E-state index is 9.05. The van der Waals surface area contributed by atoms with Gasteiger partial charge in [0.1, 0.15) is 0 Å². The maximum Gasteiger partial charge on any atom is 0.0471 e. The Kier molecular flexibility index (Phi) is 2.66. The van der Waals surface area contributed by atoms with E-state index in [2.05, 4.69) is 4.90 Å². The van der Waals surface area contributed by atoms with E-state index < -0.39 is 0 Å². The molecular formula is C10H19NO. The minimum Gasteiger partial charge on any atom is -0.396 e. The molecule has 2 rings (SSSR count). The van der Waals surface area contributed by atoms with Crippen molar-refractivity contribution in [1.82, 2.24) is 4.90 Å². The molecule has 2 nitrogen and oxygen atoms in total. The van der Waals surface area contributed by atoms with Gasteiger partial charge < -0.3 is 10.0 Å². The average Bonchev–Trinajstić information content (AvgIpc) is 2.17. The number of aliphatic hydroxyl groups excluding tert-OH is 1. The fraction of sp³-hybridized carbons (Fsp3) is 1.00. The summed E-state index contributed by atoms with van der Waals surface area (Å²) in [5.41, 5.74) is 0. The summed E-state index contributed by atoms with van der Waals surface area (Å²) in [6.45, 7) is 2.82. The highest BCUT2D eigenvalue weighted by molar-refractivity contribution is 4.83. The highest BCUT2D eigenvalue weighted by Gasteiger charge is 2.29. The number of hydrogen-bond acceptors (Lipinski definition) is 2. The fourth-order valence-electron chi connectivity index (χ4n) is 2.63. The normalized spacial score (nSPS) is 37.8. The Morgan fingerprint density at radius 2 is 2.08 bits per heavy atom. The zero-order chi connectivity index (χ0) is 8.39. The molecular weight excluding hydrogens is 150 g/mol. The van der Waals surface area contributed by atoms with Gasteiger partial charge in [0.05, 0.1) is 0 Å². The quantitative estimate of drug-likeness (QED) is 0.638. The van der Waals surface area contributed by atoms with Gasteiger partial charge in [0.15, 0.2) is 0 Å². The van der Waals surface area contributed by atoms with Crippen LogP contribution in [0.25, 0.3) is 0 Å². The summed E-state index contributed by atoms with van der Waals surface area (Å²) in [6.07, 6.45) is 6.76. The molecule has 12 heavy (non-hydrogen) atoms. The Labute approximate surface area is 74.6 Å². The smallest absolute Gasteiger partial charge is 0.0471 e. The molecule has 2 heteroatoms. The number of fused-ring (bicyclic) bond motifs is 1. The zero-order valence-corrected chi connectivity index (χ0v) is 7.71. The molecule has 0 radical (unpaired) electrons. The van der Waals surface area contributed by atoms with Crippen molar-refractivity contribution in [2.75, 3.05) is 19.7 Å². The maximum absolute atomic E-state index is 9.05. The van der Waals surface area contributed by atoms with Gasteiger partial charge in [-0.05, 0) is 38.1 Å². The molecule has 2 fully saturated rings. The first-order valence-electron chi connectivity index (χ1n) is 5.25. The summed E-state index contributed by atoms with van der Waals surface area (Å²) in [5, 5.41) is 9.05. The molecule has 2 aliphatic rings. The molecule has 0 aromatic carbocycles. The zero-order valence-electron chi connectivity index (χ0n) is 7.71. The van der Waals surface area contributed by atoms with Gasteiger partial charge in [0.2, 0.25) is 0 Å². The van der Waals surface area contributed by atoms with E-state index >= 15 is 0 Å². The minimum absolute atomic E-state index is 0.392. The first kappa shape index (κ1) is 8.52. The van der Waals surface area contributed by atoms with Crippen molar-refractivity contribution >= 4 is 0 Å². The van der Waals surface area contributed by atoms with Crippen molar-refractivity contribution in [2.24, 2.45) is 5.92 Å². The molecule has 2 saturated heterocycles. The molecule has 2 aliphatic heterocycles. The van der Waals surface area contributed by atoms with Gasteiger partial charge in [0.25, 0.3) is 0 Å². The topological polar surface area (TPSA) is 23.5 Å². The van der Waals surface area contributed by atoms with E-state index in [9.17, 15) is 0 Å². The van der Waals surface area contributed by atoms with Crippen molar-refractivity contribution in [2.45, 2.75) is 38.1 Å². The van der Waals surface area contributed by atoms with Gasteiger partial charge in [-0.15, -0.1) is 0 Å². The third-order valence-electron chi connectivity index (χ3n) is 3.41. The van der Waals surface area contributed by atoms with Crippen LogP contribution in [0.2, 0.25) is 0 Å². The number of piperidine rings is 2. The van der Waals surface area contributed by atoms with Crippen LogP contribution < -0.4 is 0 Å². The van der Waals surface area contributed by atoms with Crippen LogP contribution >= 0.6 is 0 Å². The van der Waals surface area contributed by atoms with Crippen LogP contribution in [0.5, 0.6) is 0 Å². The molecule has 0 spiro atoms. The number of aliphatic hydroxyl groups is 1. The summed E-state index contributed by atoms with van der Waals surface area (Å²) in [6, 6.07) is 0.863. The molecule has 2 heterocycles. The summed E-state index contributed by atoms with van der Waals surface area (Å²) in [7, 11) is 0. The SMILES string of the molecule is OC[C@H]1CC[C@@H]2CCCCN2C1. The Bertz CT molecular complexity index is 149. The van der Waals surface area contributed by atoms with Gasteiger partial charge in [-0.25, -0.2) is 0 Å². The van der Waals surface area contributed by atoms with Crippen molar-refractivity contribution in [3.8, 4) is 0 Å². The van der Waals surface area contributed by atoms with Crippen LogP contribution in [-0.4, -0.2) is 35.7 Å². The molecule has 0 aliphatic carbocycles. The van der Waals surface area contributed by atoms with E-state index in [1.807, 2.05) is 0 Å². The largest absolute Gasteiger partial charge is 0.396 e. The Hall–Kier alpha value is -0.0800. The van der Waals surface area contributed by atoms with E-state index in [1.54, 1.807) is 0 Å². The van der Waals surface area contributed by atoms with Gasteiger partial charge >= 0.3 is 0 Å². The van der Waals surface area contributed by atoms with Crippen LogP contribution in [0, 0.1) is 5.92 Å². The van der Waals surface area contributed by atoms with Crippen molar-refractivity contribution < 1.29 is 5.11 Å². The van der Waals surface area contributed by atoms with E-state index in [4.69, 9.17) is 5.11 Å². The predicted molar refractivity (Wildman–Crippen MR) is 49.0 cm³/mol. The van der Waals surface area contributed by atoms with Gasteiger partial charge in [0, 0.05) is 19.2 Å². The lowest BCUT2D eigenvalue weighted by atomic mass is 9.88. The average molecular weight is 169 g/mol. The van der Waals surface area contributed by atoms with Gasteiger partial charge in [-0.3, -0.25) is 0 Å². The molecule has 2 atom stereocenters. The number of nitrogens with zero attached hydrogens (tertiary/aromatic N) is 1. The molecule has 0 amide bonds. The second kappa shape index (κ2) is 3.75. The summed E-state index contributed by atoms with van der Waals surface area (Å²) < 4.78 is 0. The van der Waals surface area contributed by atoms with Crippen molar-refractivity contribution in [3.63, 3.8) is 0 Å². The van der Waals surface area contributed by atoms with Crippen LogP contribution in [0.15, 0.2) is 0 Å². The van der Waals surface area contributed by atoms with E-state index in [0.717, 1.165) is 12.6 Å². The molecule has 0 bridgehead atoms. The molecule has 0 saturated carbocycles. The lowest BCUT2D eigenvalue weighted by Gasteiger charge is -2.42. The second-order valence-electron chi connectivity index (χ2n) is 4.27. The lowest BCUT2D eigenvalue weighted by molar-refractivity contribution is 0.0519. The highest BCUT2D eigenvalue weighted by atomic mass is 16.3. The molecule has 0 unspecified atom stereocenters.